The summed E-state index contributed by atoms with van der Waals surface area (Å²) in [4.78, 5) is 24.4. The predicted octanol–water partition coefficient (Wildman–Crippen LogP) is -0.521. The van der Waals surface area contributed by atoms with Crippen molar-refractivity contribution in [3.05, 3.63) is 0 Å². The Morgan fingerprint density at radius 2 is 2.28 bits per heavy atom. The summed E-state index contributed by atoms with van der Waals surface area (Å²) in [5, 5.41) is 13.8. The molecule has 1 aliphatic rings. The van der Waals surface area contributed by atoms with Crippen LogP contribution >= 0.6 is 0 Å². The normalized spacial score (nSPS) is 22.2. The molecule has 7 heteroatoms. The molecule has 0 aromatic rings. The first-order valence-corrected chi connectivity index (χ1v) is 6.10. The van der Waals surface area contributed by atoms with Gasteiger partial charge in [0.1, 0.15) is 6.04 Å². The first-order chi connectivity index (χ1) is 8.52. The molecule has 1 aliphatic heterocycles. The van der Waals surface area contributed by atoms with Gasteiger partial charge in [-0.15, -0.1) is 0 Å². The maximum Gasteiger partial charge on any atom is 0.326 e. The Balaban J connectivity index is 2.25. The average molecular weight is 259 g/mol. The molecule has 1 heterocycles. The first-order valence-electron chi connectivity index (χ1n) is 6.10. The third-order valence-corrected chi connectivity index (χ3v) is 2.84. The number of hydrogen-bond acceptors (Lipinski definition) is 4. The molecule has 1 saturated heterocycles. The van der Waals surface area contributed by atoms with E-state index in [1.165, 1.54) is 0 Å². The van der Waals surface area contributed by atoms with E-state index in [0.29, 0.717) is 19.6 Å². The number of hydrogen-bond donors (Lipinski definition) is 3. The highest BCUT2D eigenvalue weighted by molar-refractivity contribution is 5.82. The molecule has 0 aromatic heterocycles. The van der Waals surface area contributed by atoms with Gasteiger partial charge < -0.3 is 25.4 Å². The van der Waals surface area contributed by atoms with Crippen molar-refractivity contribution in [1.82, 2.24) is 15.5 Å². The number of amides is 2. The molecular weight excluding hydrogens is 238 g/mol. The molecule has 2 unspecified atom stereocenters. The van der Waals surface area contributed by atoms with Crippen molar-refractivity contribution in [2.24, 2.45) is 0 Å². The van der Waals surface area contributed by atoms with E-state index >= 15 is 0 Å². The van der Waals surface area contributed by atoms with E-state index in [1.807, 2.05) is 7.05 Å². The first kappa shape index (κ1) is 14.7. The zero-order valence-electron chi connectivity index (χ0n) is 10.8. The second-order valence-electron chi connectivity index (χ2n) is 4.41. The maximum atomic E-state index is 11.5. The number of likely N-dealkylation sites (N-methyl/N-ethyl adjacent to an activating group) is 1. The smallest absolute Gasteiger partial charge is 0.326 e. The summed E-state index contributed by atoms with van der Waals surface area (Å²) >= 11 is 0. The average Bonchev–Trinajstić information content (AvgIpc) is 2.33. The van der Waals surface area contributed by atoms with Crippen molar-refractivity contribution < 1.29 is 19.4 Å². The fraction of sp³-hybridized carbons (Fsp3) is 0.818. The van der Waals surface area contributed by atoms with Gasteiger partial charge in [0.2, 0.25) is 0 Å². The molecule has 0 spiro atoms. The number of urea groups is 1. The summed E-state index contributed by atoms with van der Waals surface area (Å²) in [5.41, 5.74) is 0. The van der Waals surface area contributed by atoms with Gasteiger partial charge in [-0.1, -0.05) is 6.92 Å². The van der Waals surface area contributed by atoms with Crippen molar-refractivity contribution in [2.75, 3.05) is 33.3 Å². The van der Waals surface area contributed by atoms with Crippen molar-refractivity contribution in [3.8, 4) is 0 Å². The summed E-state index contributed by atoms with van der Waals surface area (Å²) < 4.78 is 5.48. The summed E-state index contributed by atoms with van der Waals surface area (Å²) in [5.74, 6) is -1.03. The van der Waals surface area contributed by atoms with E-state index in [2.05, 4.69) is 15.5 Å². The number of carboxylic acids is 1. The van der Waals surface area contributed by atoms with Gasteiger partial charge in [0.05, 0.1) is 12.7 Å². The molecule has 2 atom stereocenters. The Bertz CT molecular complexity index is 298. The Hall–Kier alpha value is -1.34. The number of morpholine rings is 1. The van der Waals surface area contributed by atoms with Gasteiger partial charge in [0.25, 0.3) is 0 Å². The molecule has 1 fully saturated rings. The second kappa shape index (κ2) is 7.17. The molecule has 1 rings (SSSR count). The highest BCUT2D eigenvalue weighted by atomic mass is 16.5. The zero-order chi connectivity index (χ0) is 13.5. The van der Waals surface area contributed by atoms with Crippen LogP contribution in [0.5, 0.6) is 0 Å². The Labute approximate surface area is 106 Å². The fourth-order valence-electron chi connectivity index (χ4n) is 1.74. The second-order valence-corrected chi connectivity index (χ2v) is 4.41. The third kappa shape index (κ3) is 4.89. The lowest BCUT2D eigenvalue weighted by atomic mass is 10.2. The van der Waals surface area contributed by atoms with Crippen molar-refractivity contribution >= 4 is 12.0 Å². The zero-order valence-corrected chi connectivity index (χ0v) is 10.8. The van der Waals surface area contributed by atoms with E-state index in [1.54, 1.807) is 6.92 Å². The molecule has 0 bridgehead atoms. The number of ether oxygens (including phenoxy) is 1. The van der Waals surface area contributed by atoms with Gasteiger partial charge >= 0.3 is 12.0 Å². The highest BCUT2D eigenvalue weighted by Gasteiger charge is 2.20. The number of carboxylic acid groups (broad SMARTS) is 1. The summed E-state index contributed by atoms with van der Waals surface area (Å²) in [6.07, 6.45) is 0.310. The minimum atomic E-state index is -1.03. The lowest BCUT2D eigenvalue weighted by Gasteiger charge is -2.30. The van der Waals surface area contributed by atoms with E-state index in [-0.39, 0.29) is 6.10 Å². The molecule has 0 aliphatic carbocycles. The molecule has 104 valence electrons. The SMILES string of the molecule is CCC(NC(=O)NCC1CN(C)CCO1)C(=O)O. The van der Waals surface area contributed by atoms with Crippen molar-refractivity contribution in [2.45, 2.75) is 25.5 Å². The van der Waals surface area contributed by atoms with Crippen LogP contribution < -0.4 is 10.6 Å². The molecular formula is C11H21N3O4. The Morgan fingerprint density at radius 3 is 2.83 bits per heavy atom. The summed E-state index contributed by atoms with van der Waals surface area (Å²) in [6, 6.07) is -1.32. The number of aliphatic carboxylic acids is 1. The van der Waals surface area contributed by atoms with Crippen molar-refractivity contribution in [3.63, 3.8) is 0 Å². The lowest BCUT2D eigenvalue weighted by Crippen LogP contribution is -2.50. The largest absolute Gasteiger partial charge is 0.480 e. The molecule has 7 nitrogen and oxygen atoms in total. The number of carbonyl (C=O) groups is 2. The van der Waals surface area contributed by atoms with Crippen LogP contribution in [0.2, 0.25) is 0 Å². The molecule has 0 aromatic carbocycles. The third-order valence-electron chi connectivity index (χ3n) is 2.84. The van der Waals surface area contributed by atoms with Crippen LogP contribution in [0.15, 0.2) is 0 Å². The number of nitrogens with one attached hydrogen (secondary N) is 2. The topological polar surface area (TPSA) is 90.9 Å². The van der Waals surface area contributed by atoms with Crippen LogP contribution in [-0.4, -0.2) is 67.4 Å². The minimum absolute atomic E-state index is 0.0422. The molecule has 18 heavy (non-hydrogen) atoms. The van der Waals surface area contributed by atoms with Crippen LogP contribution in [-0.2, 0) is 9.53 Å². The number of carbonyl (C=O) groups excluding carboxylic acids is 1. The van der Waals surface area contributed by atoms with Crippen LogP contribution in [0.3, 0.4) is 0 Å². The van der Waals surface area contributed by atoms with E-state index < -0.39 is 18.0 Å². The standard InChI is InChI=1S/C11H21N3O4/c1-3-9(10(15)16)13-11(17)12-6-8-7-14(2)4-5-18-8/h8-9H,3-7H2,1-2H3,(H,15,16)(H2,12,13,17). The van der Waals surface area contributed by atoms with Crippen LogP contribution in [0.1, 0.15) is 13.3 Å². The van der Waals surface area contributed by atoms with Gasteiger partial charge in [0.15, 0.2) is 0 Å². The monoisotopic (exact) mass is 259 g/mol. The highest BCUT2D eigenvalue weighted by Crippen LogP contribution is 2.01. The van der Waals surface area contributed by atoms with Crippen LogP contribution in [0.4, 0.5) is 4.79 Å². The van der Waals surface area contributed by atoms with E-state index in [9.17, 15) is 9.59 Å². The summed E-state index contributed by atoms with van der Waals surface area (Å²) in [6.45, 7) is 4.39. The van der Waals surface area contributed by atoms with Gasteiger partial charge in [-0.2, -0.15) is 0 Å². The molecule has 0 radical (unpaired) electrons. The Kier molecular flexibility index (Phi) is 5.87. The predicted molar refractivity (Wildman–Crippen MR) is 65.5 cm³/mol. The fourth-order valence-corrected chi connectivity index (χ4v) is 1.74. The van der Waals surface area contributed by atoms with Gasteiger partial charge in [-0.3, -0.25) is 0 Å². The maximum absolute atomic E-state index is 11.5. The van der Waals surface area contributed by atoms with E-state index in [4.69, 9.17) is 9.84 Å². The molecule has 0 saturated carbocycles. The summed E-state index contributed by atoms with van der Waals surface area (Å²) in [7, 11) is 1.99. The molecule has 2 amide bonds. The number of nitrogens with zero attached hydrogens (tertiary/aromatic N) is 1. The minimum Gasteiger partial charge on any atom is -0.480 e. The Morgan fingerprint density at radius 1 is 1.56 bits per heavy atom. The quantitative estimate of drug-likeness (QED) is 0.618. The molecule has 3 N–H and O–H groups in total. The van der Waals surface area contributed by atoms with Gasteiger partial charge in [-0.25, -0.2) is 9.59 Å². The van der Waals surface area contributed by atoms with Crippen LogP contribution in [0, 0.1) is 0 Å². The van der Waals surface area contributed by atoms with Gasteiger partial charge in [-0.05, 0) is 13.5 Å². The number of rotatable bonds is 5. The van der Waals surface area contributed by atoms with Gasteiger partial charge in [0, 0.05) is 19.6 Å². The lowest BCUT2D eigenvalue weighted by molar-refractivity contribution is -0.139. The van der Waals surface area contributed by atoms with Crippen LogP contribution in [0.25, 0.3) is 0 Å². The van der Waals surface area contributed by atoms with E-state index in [0.717, 1.165) is 13.1 Å². The van der Waals surface area contributed by atoms with Crippen molar-refractivity contribution in [1.29, 1.82) is 0 Å².